The number of rotatable bonds is 7. The molecule has 0 radical (unpaired) electrons. The van der Waals surface area contributed by atoms with Crippen molar-refractivity contribution in [1.82, 2.24) is 25.5 Å². The van der Waals surface area contributed by atoms with E-state index in [0.717, 1.165) is 11.3 Å². The van der Waals surface area contributed by atoms with Gasteiger partial charge < -0.3 is 5.32 Å². The van der Waals surface area contributed by atoms with Crippen molar-refractivity contribution in [3.05, 3.63) is 66.2 Å². The minimum atomic E-state index is -0.269. The van der Waals surface area contributed by atoms with Gasteiger partial charge in [0.2, 0.25) is 11.1 Å². The van der Waals surface area contributed by atoms with Crippen molar-refractivity contribution in [2.24, 2.45) is 0 Å². The molecule has 0 saturated carbocycles. The van der Waals surface area contributed by atoms with Crippen molar-refractivity contribution in [2.45, 2.75) is 36.7 Å². The first-order chi connectivity index (χ1) is 12.7. The van der Waals surface area contributed by atoms with E-state index in [1.54, 1.807) is 4.68 Å². The third-order valence-electron chi connectivity index (χ3n) is 4.01. The summed E-state index contributed by atoms with van der Waals surface area (Å²) < 4.78 is 1.65. The zero-order chi connectivity index (χ0) is 18.4. The Hall–Kier alpha value is -2.67. The summed E-state index contributed by atoms with van der Waals surface area (Å²) in [5.74, 6) is -0.0172. The number of tetrazole rings is 1. The highest BCUT2D eigenvalue weighted by atomic mass is 32.2. The normalized spacial score (nSPS) is 13.2. The van der Waals surface area contributed by atoms with Crippen LogP contribution in [0.5, 0.6) is 0 Å². The average molecular weight is 367 g/mol. The Labute approximate surface area is 157 Å². The van der Waals surface area contributed by atoms with Crippen LogP contribution < -0.4 is 5.32 Å². The van der Waals surface area contributed by atoms with Crippen molar-refractivity contribution in [3.63, 3.8) is 0 Å². The summed E-state index contributed by atoms with van der Waals surface area (Å²) in [5.41, 5.74) is 1.95. The molecule has 3 aromatic rings. The molecule has 0 fully saturated rings. The summed E-state index contributed by atoms with van der Waals surface area (Å²) in [4.78, 5) is 12.7. The minimum Gasteiger partial charge on any atom is -0.349 e. The van der Waals surface area contributed by atoms with Crippen LogP contribution in [0, 0.1) is 0 Å². The Morgan fingerprint density at radius 3 is 2.42 bits per heavy atom. The SMILES string of the molecule is CC[C@H](Sc1nnnn1-c1ccccc1)C(=O)N[C@H](C)c1ccccc1. The van der Waals surface area contributed by atoms with Gasteiger partial charge >= 0.3 is 0 Å². The smallest absolute Gasteiger partial charge is 0.234 e. The van der Waals surface area contributed by atoms with Crippen molar-refractivity contribution >= 4 is 17.7 Å². The predicted molar refractivity (Wildman–Crippen MR) is 102 cm³/mol. The second kappa shape index (κ2) is 8.62. The number of para-hydroxylation sites is 1. The van der Waals surface area contributed by atoms with E-state index in [1.165, 1.54) is 11.8 Å². The van der Waals surface area contributed by atoms with Crippen LogP contribution in [0.1, 0.15) is 31.9 Å². The first-order valence-corrected chi connectivity index (χ1v) is 9.42. The monoisotopic (exact) mass is 367 g/mol. The largest absolute Gasteiger partial charge is 0.349 e. The lowest BCUT2D eigenvalue weighted by Crippen LogP contribution is -2.34. The molecule has 0 aliphatic heterocycles. The Kier molecular flexibility index (Phi) is 6.01. The summed E-state index contributed by atoms with van der Waals surface area (Å²) in [6.07, 6.45) is 0.680. The highest BCUT2D eigenvalue weighted by Gasteiger charge is 2.23. The molecule has 1 heterocycles. The van der Waals surface area contributed by atoms with Crippen LogP contribution in [0.2, 0.25) is 0 Å². The van der Waals surface area contributed by atoms with Crippen molar-refractivity contribution in [2.75, 3.05) is 0 Å². The number of nitrogens with one attached hydrogen (secondary N) is 1. The Bertz CT molecular complexity index is 837. The van der Waals surface area contributed by atoms with Gasteiger partial charge in [0, 0.05) is 0 Å². The van der Waals surface area contributed by atoms with Crippen molar-refractivity contribution in [3.8, 4) is 5.69 Å². The second-order valence-electron chi connectivity index (χ2n) is 5.86. The maximum Gasteiger partial charge on any atom is 0.234 e. The first-order valence-electron chi connectivity index (χ1n) is 8.54. The van der Waals surface area contributed by atoms with Gasteiger partial charge in [-0.05, 0) is 41.5 Å². The lowest BCUT2D eigenvalue weighted by atomic mass is 10.1. The third kappa shape index (κ3) is 4.29. The molecule has 0 spiro atoms. The second-order valence-corrected chi connectivity index (χ2v) is 7.03. The molecule has 1 amide bonds. The van der Waals surface area contributed by atoms with Crippen molar-refractivity contribution < 1.29 is 4.79 Å². The number of carbonyl (C=O) groups excluding carboxylic acids is 1. The predicted octanol–water partition coefficient (Wildman–Crippen LogP) is 3.41. The fraction of sp³-hybridized carbons (Fsp3) is 0.263. The summed E-state index contributed by atoms with van der Waals surface area (Å²) in [6.45, 7) is 3.97. The minimum absolute atomic E-state index is 0.0172. The fourth-order valence-electron chi connectivity index (χ4n) is 2.56. The molecule has 1 N–H and O–H groups in total. The van der Waals surface area contributed by atoms with E-state index >= 15 is 0 Å². The van der Waals surface area contributed by atoms with Gasteiger partial charge in [-0.3, -0.25) is 4.79 Å². The molecule has 2 aromatic carbocycles. The molecule has 0 unspecified atom stereocenters. The number of carbonyl (C=O) groups is 1. The quantitative estimate of drug-likeness (QED) is 0.648. The lowest BCUT2D eigenvalue weighted by molar-refractivity contribution is -0.121. The fourth-order valence-corrected chi connectivity index (χ4v) is 3.49. The molecule has 7 heteroatoms. The van der Waals surface area contributed by atoms with Gasteiger partial charge in [-0.2, -0.15) is 4.68 Å². The molecule has 0 bridgehead atoms. The molecule has 26 heavy (non-hydrogen) atoms. The van der Waals surface area contributed by atoms with Crippen LogP contribution in [-0.2, 0) is 4.79 Å². The molecule has 1 aromatic heterocycles. The van der Waals surface area contributed by atoms with E-state index in [0.29, 0.717) is 11.6 Å². The van der Waals surface area contributed by atoms with Crippen LogP contribution in [-0.4, -0.2) is 31.4 Å². The molecule has 6 nitrogen and oxygen atoms in total. The number of benzene rings is 2. The van der Waals surface area contributed by atoms with Crippen LogP contribution in [0.4, 0.5) is 0 Å². The van der Waals surface area contributed by atoms with Gasteiger partial charge in [-0.25, -0.2) is 0 Å². The van der Waals surface area contributed by atoms with E-state index in [9.17, 15) is 4.79 Å². The highest BCUT2D eigenvalue weighted by molar-refractivity contribution is 8.00. The van der Waals surface area contributed by atoms with Gasteiger partial charge in [-0.15, -0.1) is 5.10 Å². The Balaban J connectivity index is 1.70. The summed E-state index contributed by atoms with van der Waals surface area (Å²) >= 11 is 1.38. The van der Waals surface area contributed by atoms with Gasteiger partial charge in [0.1, 0.15) is 0 Å². The zero-order valence-corrected chi connectivity index (χ0v) is 15.6. The van der Waals surface area contributed by atoms with Crippen LogP contribution in [0.25, 0.3) is 5.69 Å². The highest BCUT2D eigenvalue weighted by Crippen LogP contribution is 2.26. The third-order valence-corrected chi connectivity index (χ3v) is 5.31. The molecule has 3 rings (SSSR count). The molecular weight excluding hydrogens is 346 g/mol. The number of hydrogen-bond donors (Lipinski definition) is 1. The molecule has 0 aliphatic carbocycles. The number of amides is 1. The van der Waals surface area contributed by atoms with E-state index in [1.807, 2.05) is 74.5 Å². The van der Waals surface area contributed by atoms with Crippen LogP contribution >= 0.6 is 11.8 Å². The number of nitrogens with zero attached hydrogens (tertiary/aromatic N) is 4. The maximum atomic E-state index is 12.7. The maximum absolute atomic E-state index is 12.7. The van der Waals surface area contributed by atoms with Crippen molar-refractivity contribution in [1.29, 1.82) is 0 Å². The molecule has 0 aliphatic rings. The molecule has 2 atom stereocenters. The standard InChI is InChI=1S/C19H21N5OS/c1-3-17(18(25)20-14(2)15-10-6-4-7-11-15)26-19-21-22-23-24(19)16-12-8-5-9-13-16/h4-14,17H,3H2,1-2H3,(H,20,25)/t14-,17+/m1/s1. The zero-order valence-electron chi connectivity index (χ0n) is 14.7. The van der Waals surface area contributed by atoms with E-state index in [4.69, 9.17) is 0 Å². The number of hydrogen-bond acceptors (Lipinski definition) is 5. The Morgan fingerprint density at radius 2 is 1.77 bits per heavy atom. The average Bonchev–Trinajstić information content (AvgIpc) is 3.15. The van der Waals surface area contributed by atoms with E-state index in [-0.39, 0.29) is 17.2 Å². The first kappa shape index (κ1) is 18.1. The van der Waals surface area contributed by atoms with Gasteiger partial charge in [0.25, 0.3) is 0 Å². The van der Waals surface area contributed by atoms with Gasteiger partial charge in [0.05, 0.1) is 17.0 Å². The summed E-state index contributed by atoms with van der Waals surface area (Å²) in [7, 11) is 0. The van der Waals surface area contributed by atoms with Crippen LogP contribution in [0.3, 0.4) is 0 Å². The topological polar surface area (TPSA) is 72.7 Å². The molecule has 0 saturated heterocycles. The lowest BCUT2D eigenvalue weighted by Gasteiger charge is -2.19. The summed E-state index contributed by atoms with van der Waals surface area (Å²) in [6, 6.07) is 19.5. The van der Waals surface area contributed by atoms with E-state index in [2.05, 4.69) is 20.8 Å². The Morgan fingerprint density at radius 1 is 1.12 bits per heavy atom. The summed E-state index contributed by atoms with van der Waals surface area (Å²) in [5, 5.41) is 15.3. The molecule has 134 valence electrons. The number of thioether (sulfide) groups is 1. The molecular formula is C19H21N5OS. The van der Waals surface area contributed by atoms with E-state index < -0.39 is 0 Å². The number of aromatic nitrogens is 4. The van der Waals surface area contributed by atoms with Gasteiger partial charge in [-0.1, -0.05) is 67.2 Å². The van der Waals surface area contributed by atoms with Crippen LogP contribution in [0.15, 0.2) is 65.8 Å². The van der Waals surface area contributed by atoms with Gasteiger partial charge in [0.15, 0.2) is 0 Å².